The summed E-state index contributed by atoms with van der Waals surface area (Å²) >= 11 is 3.69. The number of carbonyl (C=O) groups excluding carboxylic acids is 1. The van der Waals surface area contributed by atoms with Gasteiger partial charge in [0.2, 0.25) is 0 Å². The molecule has 114 valence electrons. The molecule has 0 spiro atoms. The molecular formula is C17H22BrNO2. The predicted octanol–water partition coefficient (Wildman–Crippen LogP) is 3.47. The lowest BCUT2D eigenvalue weighted by molar-refractivity contribution is -0.127. The highest BCUT2D eigenvalue weighted by molar-refractivity contribution is 9.09. The smallest absolute Gasteiger partial charge is 0.256 e. The van der Waals surface area contributed by atoms with Gasteiger partial charge in [-0.1, -0.05) is 35.0 Å². The van der Waals surface area contributed by atoms with Gasteiger partial charge < -0.3 is 9.64 Å². The largest absolute Gasteiger partial charge is 0.368 e. The van der Waals surface area contributed by atoms with E-state index in [0.29, 0.717) is 4.83 Å². The number of carbonyl (C=O) groups is 1. The van der Waals surface area contributed by atoms with E-state index in [1.54, 1.807) is 0 Å². The maximum Gasteiger partial charge on any atom is 0.256 e. The van der Waals surface area contributed by atoms with E-state index in [4.69, 9.17) is 4.74 Å². The van der Waals surface area contributed by atoms with Crippen molar-refractivity contribution in [3.05, 3.63) is 29.3 Å². The second kappa shape index (κ2) is 6.49. The number of halogens is 1. The van der Waals surface area contributed by atoms with Crippen molar-refractivity contribution in [3.8, 4) is 0 Å². The van der Waals surface area contributed by atoms with E-state index < -0.39 is 0 Å². The maximum absolute atomic E-state index is 12.5. The van der Waals surface area contributed by atoms with E-state index in [1.807, 2.05) is 4.90 Å². The summed E-state index contributed by atoms with van der Waals surface area (Å²) in [6.45, 7) is 3.71. The van der Waals surface area contributed by atoms with Gasteiger partial charge in [-0.25, -0.2) is 0 Å². The number of nitrogens with zero attached hydrogens (tertiary/aromatic N) is 1. The van der Waals surface area contributed by atoms with Crippen molar-refractivity contribution in [1.82, 2.24) is 0 Å². The lowest BCUT2D eigenvalue weighted by Crippen LogP contribution is -2.37. The normalized spacial score (nSPS) is 22.4. The molecule has 1 fully saturated rings. The minimum absolute atomic E-state index is 0.144. The molecule has 1 amide bonds. The standard InChI is InChI=1S/C17H22BrNO2/c1-2-14(18)11-12-5-6-15-13(10-12)7-8-19(15)17(20)16-4-3-9-21-16/h5-6,10,14,16H,2-4,7-9,11H2,1H3. The van der Waals surface area contributed by atoms with Crippen LogP contribution in [0.15, 0.2) is 18.2 Å². The Hall–Kier alpha value is -0.870. The van der Waals surface area contributed by atoms with E-state index in [0.717, 1.165) is 50.9 Å². The fourth-order valence-electron chi connectivity index (χ4n) is 3.16. The van der Waals surface area contributed by atoms with E-state index >= 15 is 0 Å². The van der Waals surface area contributed by atoms with Crippen LogP contribution in [-0.2, 0) is 22.4 Å². The van der Waals surface area contributed by atoms with Crippen molar-refractivity contribution in [2.75, 3.05) is 18.1 Å². The van der Waals surface area contributed by atoms with Crippen molar-refractivity contribution in [2.24, 2.45) is 0 Å². The quantitative estimate of drug-likeness (QED) is 0.777. The molecule has 4 heteroatoms. The number of amides is 1. The van der Waals surface area contributed by atoms with Crippen LogP contribution in [0, 0.1) is 0 Å². The number of ether oxygens (including phenoxy) is 1. The summed E-state index contributed by atoms with van der Waals surface area (Å²) in [6.07, 6.45) is 4.78. The first-order valence-corrected chi connectivity index (χ1v) is 8.79. The number of rotatable bonds is 4. The van der Waals surface area contributed by atoms with Gasteiger partial charge in [0, 0.05) is 23.7 Å². The molecule has 0 N–H and O–H groups in total. The average molecular weight is 352 g/mol. The number of benzene rings is 1. The molecule has 0 bridgehead atoms. The zero-order chi connectivity index (χ0) is 14.8. The Morgan fingerprint density at radius 1 is 1.52 bits per heavy atom. The maximum atomic E-state index is 12.5. The molecule has 0 aliphatic carbocycles. The lowest BCUT2D eigenvalue weighted by Gasteiger charge is -2.21. The van der Waals surface area contributed by atoms with Gasteiger partial charge in [0.25, 0.3) is 5.91 Å². The van der Waals surface area contributed by atoms with E-state index in [1.165, 1.54) is 11.1 Å². The van der Waals surface area contributed by atoms with Gasteiger partial charge >= 0.3 is 0 Å². The monoisotopic (exact) mass is 351 g/mol. The van der Waals surface area contributed by atoms with Crippen molar-refractivity contribution in [1.29, 1.82) is 0 Å². The Kier molecular flexibility index (Phi) is 4.65. The zero-order valence-electron chi connectivity index (χ0n) is 12.5. The molecule has 2 aliphatic rings. The fraction of sp³-hybridized carbons (Fsp3) is 0.588. The van der Waals surface area contributed by atoms with Gasteiger partial charge in [-0.05, 0) is 49.3 Å². The van der Waals surface area contributed by atoms with Crippen LogP contribution in [0.3, 0.4) is 0 Å². The van der Waals surface area contributed by atoms with Gasteiger partial charge in [0.1, 0.15) is 6.10 Å². The highest BCUT2D eigenvalue weighted by atomic mass is 79.9. The number of alkyl halides is 1. The summed E-state index contributed by atoms with van der Waals surface area (Å²) in [4.78, 5) is 15.0. The molecule has 1 saturated heterocycles. The lowest BCUT2D eigenvalue weighted by atomic mass is 10.0. The van der Waals surface area contributed by atoms with Gasteiger partial charge in [-0.3, -0.25) is 4.79 Å². The molecule has 0 aromatic heterocycles. The van der Waals surface area contributed by atoms with Crippen molar-refractivity contribution in [2.45, 2.75) is 50.0 Å². The van der Waals surface area contributed by atoms with Crippen LogP contribution in [0.5, 0.6) is 0 Å². The fourth-order valence-corrected chi connectivity index (χ4v) is 3.53. The van der Waals surface area contributed by atoms with Crippen LogP contribution >= 0.6 is 15.9 Å². The Bertz CT molecular complexity index is 526. The van der Waals surface area contributed by atoms with Crippen molar-refractivity contribution in [3.63, 3.8) is 0 Å². The summed E-state index contributed by atoms with van der Waals surface area (Å²) in [6, 6.07) is 6.53. The van der Waals surface area contributed by atoms with Gasteiger partial charge in [-0.2, -0.15) is 0 Å². The molecule has 2 unspecified atom stereocenters. The Morgan fingerprint density at radius 3 is 3.10 bits per heavy atom. The third-order valence-corrected chi connectivity index (χ3v) is 5.38. The van der Waals surface area contributed by atoms with Crippen LogP contribution < -0.4 is 4.90 Å². The Morgan fingerprint density at radius 2 is 2.38 bits per heavy atom. The number of fused-ring (bicyclic) bond motifs is 1. The topological polar surface area (TPSA) is 29.5 Å². The predicted molar refractivity (Wildman–Crippen MR) is 88.2 cm³/mol. The van der Waals surface area contributed by atoms with Crippen molar-refractivity contribution >= 4 is 27.5 Å². The van der Waals surface area contributed by atoms with Gasteiger partial charge in [0.05, 0.1) is 0 Å². The minimum Gasteiger partial charge on any atom is -0.368 e. The molecule has 0 saturated carbocycles. The highest BCUT2D eigenvalue weighted by Gasteiger charge is 2.32. The van der Waals surface area contributed by atoms with Crippen LogP contribution in [0.4, 0.5) is 5.69 Å². The third-order valence-electron chi connectivity index (χ3n) is 4.41. The summed E-state index contributed by atoms with van der Waals surface area (Å²) in [5.74, 6) is 0.144. The summed E-state index contributed by atoms with van der Waals surface area (Å²) < 4.78 is 5.54. The number of hydrogen-bond acceptors (Lipinski definition) is 2. The average Bonchev–Trinajstić information content (AvgIpc) is 3.15. The summed E-state index contributed by atoms with van der Waals surface area (Å²) in [7, 11) is 0. The van der Waals surface area contributed by atoms with Crippen LogP contribution in [0.2, 0.25) is 0 Å². The summed E-state index contributed by atoms with van der Waals surface area (Å²) in [5, 5.41) is 0. The molecule has 1 aromatic rings. The highest BCUT2D eigenvalue weighted by Crippen LogP contribution is 2.31. The molecule has 3 nitrogen and oxygen atoms in total. The summed E-state index contributed by atoms with van der Waals surface area (Å²) in [5.41, 5.74) is 3.74. The van der Waals surface area contributed by atoms with E-state index in [-0.39, 0.29) is 12.0 Å². The SMILES string of the molecule is CCC(Br)Cc1ccc2c(c1)CCN2C(=O)C1CCCO1. The van der Waals surface area contributed by atoms with Crippen LogP contribution in [0.25, 0.3) is 0 Å². The molecule has 2 atom stereocenters. The molecule has 21 heavy (non-hydrogen) atoms. The van der Waals surface area contributed by atoms with E-state index in [9.17, 15) is 4.79 Å². The molecule has 2 aliphatic heterocycles. The molecular weight excluding hydrogens is 330 g/mol. The molecule has 2 heterocycles. The van der Waals surface area contributed by atoms with Crippen LogP contribution in [0.1, 0.15) is 37.3 Å². The first kappa shape index (κ1) is 15.0. The third kappa shape index (κ3) is 3.16. The number of anilines is 1. The first-order chi connectivity index (χ1) is 10.2. The Labute approximate surface area is 134 Å². The van der Waals surface area contributed by atoms with E-state index in [2.05, 4.69) is 41.1 Å². The number of hydrogen-bond donors (Lipinski definition) is 0. The molecule has 1 aromatic carbocycles. The van der Waals surface area contributed by atoms with Crippen LogP contribution in [-0.4, -0.2) is 30.0 Å². The zero-order valence-corrected chi connectivity index (χ0v) is 14.1. The second-order valence-corrected chi connectivity index (χ2v) is 7.21. The molecule has 0 radical (unpaired) electrons. The second-order valence-electron chi connectivity index (χ2n) is 5.91. The minimum atomic E-state index is -0.220. The van der Waals surface area contributed by atoms with Crippen molar-refractivity contribution < 1.29 is 9.53 Å². The Balaban J connectivity index is 1.75. The molecule has 3 rings (SSSR count). The first-order valence-electron chi connectivity index (χ1n) is 7.88. The van der Waals surface area contributed by atoms with Gasteiger partial charge in [0.15, 0.2) is 0 Å². The van der Waals surface area contributed by atoms with Gasteiger partial charge in [-0.15, -0.1) is 0 Å².